The van der Waals surface area contributed by atoms with Crippen LogP contribution in [0.2, 0.25) is 0 Å². The number of nitrogens with one attached hydrogen (secondary N) is 1. The van der Waals surface area contributed by atoms with E-state index in [9.17, 15) is 13.2 Å². The molecule has 1 N–H and O–H groups in total. The Labute approximate surface area is 132 Å². The molecule has 2 aromatic rings. The van der Waals surface area contributed by atoms with Crippen LogP contribution in [0, 0.1) is 0 Å². The molecule has 1 aromatic carbocycles. The minimum atomic E-state index is -4.29. The van der Waals surface area contributed by atoms with Gasteiger partial charge in [0.25, 0.3) is 0 Å². The Balaban J connectivity index is 1.67. The summed E-state index contributed by atoms with van der Waals surface area (Å²) in [6.07, 6.45) is -0.734. The predicted octanol–water partition coefficient (Wildman–Crippen LogP) is 2.36. The van der Waals surface area contributed by atoms with Gasteiger partial charge >= 0.3 is 6.18 Å². The fraction of sp³-hybridized carbons (Fsp3) is 0.438. The van der Waals surface area contributed by atoms with Crippen LogP contribution in [-0.4, -0.2) is 40.6 Å². The van der Waals surface area contributed by atoms with Crippen LogP contribution in [0.1, 0.15) is 16.8 Å². The van der Waals surface area contributed by atoms with Gasteiger partial charge in [0.2, 0.25) is 0 Å². The summed E-state index contributed by atoms with van der Waals surface area (Å²) in [5, 5.41) is 3.31. The van der Waals surface area contributed by atoms with Crippen LogP contribution in [0.15, 0.2) is 36.8 Å². The van der Waals surface area contributed by atoms with Gasteiger partial charge in [0.05, 0.1) is 17.6 Å². The van der Waals surface area contributed by atoms with E-state index in [0.29, 0.717) is 6.54 Å². The van der Waals surface area contributed by atoms with Crippen molar-refractivity contribution in [2.45, 2.75) is 19.3 Å². The summed E-state index contributed by atoms with van der Waals surface area (Å²) in [5.41, 5.74) is 1.29. The quantitative estimate of drug-likeness (QED) is 0.937. The summed E-state index contributed by atoms with van der Waals surface area (Å²) in [6.45, 7) is 5.28. The fourth-order valence-corrected chi connectivity index (χ4v) is 2.72. The van der Waals surface area contributed by atoms with E-state index >= 15 is 0 Å². The number of imidazole rings is 1. The zero-order valence-corrected chi connectivity index (χ0v) is 12.7. The molecule has 7 heteroatoms. The van der Waals surface area contributed by atoms with Crippen molar-refractivity contribution < 1.29 is 13.2 Å². The molecule has 2 heterocycles. The van der Waals surface area contributed by atoms with Gasteiger partial charge in [-0.05, 0) is 17.7 Å². The van der Waals surface area contributed by atoms with Crippen molar-refractivity contribution in [2.75, 3.05) is 26.2 Å². The normalized spacial score (nSPS) is 16.7. The summed E-state index contributed by atoms with van der Waals surface area (Å²) in [4.78, 5) is 6.53. The average molecular weight is 324 g/mol. The fourth-order valence-electron chi connectivity index (χ4n) is 2.72. The van der Waals surface area contributed by atoms with Gasteiger partial charge in [-0.15, -0.1) is 0 Å². The van der Waals surface area contributed by atoms with Gasteiger partial charge in [-0.2, -0.15) is 13.2 Å². The highest BCUT2D eigenvalue weighted by Gasteiger charge is 2.29. The van der Waals surface area contributed by atoms with Crippen molar-refractivity contribution >= 4 is 0 Å². The van der Waals surface area contributed by atoms with Gasteiger partial charge in [0, 0.05) is 45.5 Å². The smallest absolute Gasteiger partial charge is 0.329 e. The highest BCUT2D eigenvalue weighted by molar-refractivity contribution is 5.25. The van der Waals surface area contributed by atoms with Crippen LogP contribution in [0.5, 0.6) is 0 Å². The second-order valence-electron chi connectivity index (χ2n) is 5.73. The summed E-state index contributed by atoms with van der Waals surface area (Å²) < 4.78 is 39.8. The lowest BCUT2D eigenvalue weighted by atomic mass is 10.1. The third kappa shape index (κ3) is 4.11. The van der Waals surface area contributed by atoms with Crippen LogP contribution in [0.25, 0.3) is 0 Å². The zero-order valence-electron chi connectivity index (χ0n) is 12.7. The Morgan fingerprint density at radius 3 is 2.39 bits per heavy atom. The topological polar surface area (TPSA) is 33.1 Å². The first kappa shape index (κ1) is 16.0. The molecule has 23 heavy (non-hydrogen) atoms. The van der Waals surface area contributed by atoms with E-state index in [4.69, 9.17) is 0 Å². The van der Waals surface area contributed by atoms with Crippen molar-refractivity contribution in [2.24, 2.45) is 0 Å². The van der Waals surface area contributed by atoms with Gasteiger partial charge in [-0.25, -0.2) is 4.98 Å². The average Bonchev–Trinajstić information content (AvgIpc) is 2.95. The number of hydrogen-bond acceptors (Lipinski definition) is 3. The highest BCUT2D eigenvalue weighted by atomic mass is 19.4. The monoisotopic (exact) mass is 324 g/mol. The molecule has 0 aliphatic carbocycles. The molecule has 124 valence electrons. The number of benzene rings is 1. The Morgan fingerprint density at radius 2 is 1.74 bits per heavy atom. The molecule has 0 amide bonds. The molecule has 0 unspecified atom stereocenters. The number of piperazine rings is 1. The minimum Gasteiger partial charge on any atom is -0.329 e. The Morgan fingerprint density at radius 1 is 1.04 bits per heavy atom. The Kier molecular flexibility index (Phi) is 4.68. The molecule has 0 radical (unpaired) electrons. The molecule has 1 aliphatic rings. The maximum atomic E-state index is 12.6. The lowest BCUT2D eigenvalue weighted by Gasteiger charge is -2.27. The summed E-state index contributed by atoms with van der Waals surface area (Å²) in [7, 11) is 0. The Bertz CT molecular complexity index is 628. The molecule has 1 aromatic heterocycles. The molecule has 0 atom stereocenters. The SMILES string of the molecule is FC(F)(F)c1ccc(Cn2cncc2CN2CCNCC2)cc1. The standard InChI is InChI=1S/C16H19F3N4/c17-16(18,19)14-3-1-13(2-4-14)10-23-12-21-9-15(23)11-22-7-5-20-6-8-22/h1-4,9,12,20H,5-8,10-11H2. The van der Waals surface area contributed by atoms with Crippen molar-refractivity contribution in [3.05, 3.63) is 53.6 Å². The molecule has 0 spiro atoms. The van der Waals surface area contributed by atoms with Crippen molar-refractivity contribution in [3.8, 4) is 0 Å². The maximum absolute atomic E-state index is 12.6. The molecule has 1 aliphatic heterocycles. The molecule has 3 rings (SSSR count). The van der Waals surface area contributed by atoms with E-state index in [1.165, 1.54) is 12.1 Å². The van der Waals surface area contributed by atoms with Gasteiger partial charge in [-0.1, -0.05) is 12.1 Å². The van der Waals surface area contributed by atoms with Crippen LogP contribution in [-0.2, 0) is 19.3 Å². The van der Waals surface area contributed by atoms with E-state index in [1.54, 1.807) is 6.33 Å². The van der Waals surface area contributed by atoms with Crippen molar-refractivity contribution in [3.63, 3.8) is 0 Å². The number of rotatable bonds is 4. The molecule has 1 fully saturated rings. The first-order valence-corrected chi connectivity index (χ1v) is 7.60. The predicted molar refractivity (Wildman–Crippen MR) is 80.9 cm³/mol. The second kappa shape index (κ2) is 6.72. The second-order valence-corrected chi connectivity index (χ2v) is 5.73. The molecule has 1 saturated heterocycles. The van der Waals surface area contributed by atoms with Gasteiger partial charge in [0.15, 0.2) is 0 Å². The van der Waals surface area contributed by atoms with Gasteiger partial charge < -0.3 is 9.88 Å². The lowest BCUT2D eigenvalue weighted by molar-refractivity contribution is -0.137. The number of alkyl halides is 3. The van der Waals surface area contributed by atoms with E-state index in [-0.39, 0.29) is 0 Å². The molecule has 4 nitrogen and oxygen atoms in total. The molecule has 0 saturated carbocycles. The van der Waals surface area contributed by atoms with Crippen molar-refractivity contribution in [1.82, 2.24) is 19.8 Å². The van der Waals surface area contributed by atoms with Crippen LogP contribution in [0.4, 0.5) is 13.2 Å². The van der Waals surface area contributed by atoms with Gasteiger partial charge in [0.1, 0.15) is 0 Å². The van der Waals surface area contributed by atoms with Crippen molar-refractivity contribution in [1.29, 1.82) is 0 Å². The van der Waals surface area contributed by atoms with Crippen LogP contribution < -0.4 is 5.32 Å². The summed E-state index contributed by atoms with van der Waals surface area (Å²) in [5.74, 6) is 0. The Hall–Kier alpha value is -1.86. The summed E-state index contributed by atoms with van der Waals surface area (Å²) in [6, 6.07) is 5.30. The first-order valence-electron chi connectivity index (χ1n) is 7.60. The number of nitrogens with zero attached hydrogens (tertiary/aromatic N) is 3. The van der Waals surface area contributed by atoms with E-state index in [0.717, 1.165) is 56.1 Å². The number of aromatic nitrogens is 2. The maximum Gasteiger partial charge on any atom is 0.416 e. The lowest BCUT2D eigenvalue weighted by Crippen LogP contribution is -2.43. The third-order valence-corrected chi connectivity index (χ3v) is 4.03. The molecular formula is C16H19F3N4. The third-order valence-electron chi connectivity index (χ3n) is 4.03. The zero-order chi connectivity index (χ0) is 16.3. The highest BCUT2D eigenvalue weighted by Crippen LogP contribution is 2.29. The first-order chi connectivity index (χ1) is 11.0. The number of halogens is 3. The van der Waals surface area contributed by atoms with Crippen LogP contribution >= 0.6 is 0 Å². The molecular weight excluding hydrogens is 305 g/mol. The molecule has 0 bridgehead atoms. The summed E-state index contributed by atoms with van der Waals surface area (Å²) >= 11 is 0. The van der Waals surface area contributed by atoms with Crippen LogP contribution in [0.3, 0.4) is 0 Å². The van der Waals surface area contributed by atoms with E-state index in [2.05, 4.69) is 15.2 Å². The van der Waals surface area contributed by atoms with Gasteiger partial charge in [-0.3, -0.25) is 4.90 Å². The van der Waals surface area contributed by atoms with E-state index in [1.807, 2.05) is 10.8 Å². The minimum absolute atomic E-state index is 0.527. The largest absolute Gasteiger partial charge is 0.416 e. The number of hydrogen-bond donors (Lipinski definition) is 1. The van der Waals surface area contributed by atoms with E-state index < -0.39 is 11.7 Å².